The fourth-order valence-corrected chi connectivity index (χ4v) is 1.72. The molecule has 1 unspecified atom stereocenters. The molecule has 0 aromatic carbocycles. The van der Waals surface area contributed by atoms with Crippen LogP contribution in [0.3, 0.4) is 0 Å². The van der Waals surface area contributed by atoms with Gasteiger partial charge in [-0.1, -0.05) is 27.7 Å². The zero-order valence-corrected chi connectivity index (χ0v) is 10.0. The Hall–Kier alpha value is -0.380. The molecule has 0 rings (SSSR count). The first-order valence-electron chi connectivity index (χ1n) is 4.60. The van der Waals surface area contributed by atoms with Gasteiger partial charge in [0.2, 0.25) is 5.91 Å². The van der Waals surface area contributed by atoms with Gasteiger partial charge in [0.15, 0.2) is 0 Å². The first kappa shape index (κ1) is 13.6. The number of amides is 1. The van der Waals surface area contributed by atoms with Crippen molar-refractivity contribution >= 4 is 13.6 Å². The molecule has 0 radical (unpaired) electrons. The smallest absolute Gasteiger partial charge is 0.302 e. The Kier molecular flexibility index (Phi) is 5.34. The summed E-state index contributed by atoms with van der Waals surface area (Å²) in [6.45, 7) is 7.47. The number of carbonyl (C=O) groups is 1. The van der Waals surface area contributed by atoms with Crippen LogP contribution in [0.15, 0.2) is 0 Å². The van der Waals surface area contributed by atoms with Crippen molar-refractivity contribution in [3.8, 4) is 0 Å². The molecular weight excluding hydrogens is 203 g/mol. The molecular formula is C8H19N2O3P. The third-order valence-corrected chi connectivity index (χ3v) is 2.45. The van der Waals surface area contributed by atoms with Gasteiger partial charge in [-0.15, -0.1) is 0 Å². The maximum atomic E-state index is 11.5. The summed E-state index contributed by atoms with van der Waals surface area (Å²) >= 11 is 0. The lowest BCUT2D eigenvalue weighted by Gasteiger charge is -2.16. The summed E-state index contributed by atoms with van der Waals surface area (Å²) < 4.78 is 16.4. The van der Waals surface area contributed by atoms with E-state index in [1.807, 2.05) is 13.8 Å². The molecule has 0 aliphatic carbocycles. The molecule has 84 valence electrons. The van der Waals surface area contributed by atoms with Crippen LogP contribution in [-0.4, -0.2) is 12.5 Å². The summed E-state index contributed by atoms with van der Waals surface area (Å²) in [6, 6.07) is 0. The highest BCUT2D eigenvalue weighted by molar-refractivity contribution is 7.55. The first-order chi connectivity index (χ1) is 6.24. The highest BCUT2D eigenvalue weighted by Gasteiger charge is 2.21. The van der Waals surface area contributed by atoms with Crippen LogP contribution in [0.1, 0.15) is 27.7 Å². The third-order valence-electron chi connectivity index (χ3n) is 1.39. The van der Waals surface area contributed by atoms with Gasteiger partial charge in [-0.3, -0.25) is 9.88 Å². The molecule has 0 aliphatic heterocycles. The third kappa shape index (κ3) is 6.13. The monoisotopic (exact) mass is 222 g/mol. The zero-order chi connectivity index (χ0) is 11.4. The van der Waals surface area contributed by atoms with Gasteiger partial charge in [0.1, 0.15) is 0 Å². The highest BCUT2D eigenvalue weighted by atomic mass is 31.2. The molecule has 0 spiro atoms. The van der Waals surface area contributed by atoms with E-state index in [-0.39, 0.29) is 24.3 Å². The maximum Gasteiger partial charge on any atom is 0.365 e. The summed E-state index contributed by atoms with van der Waals surface area (Å²) in [7, 11) is -3.46. The fourth-order valence-electron chi connectivity index (χ4n) is 0.575. The molecule has 1 amide bonds. The molecule has 5 nitrogen and oxygen atoms in total. The van der Waals surface area contributed by atoms with Gasteiger partial charge < -0.3 is 4.52 Å². The molecule has 0 fully saturated rings. The summed E-state index contributed by atoms with van der Waals surface area (Å²) in [5.41, 5.74) is 5.31. The summed E-state index contributed by atoms with van der Waals surface area (Å²) in [4.78, 5) is 11.2. The van der Waals surface area contributed by atoms with Crippen LogP contribution in [0.2, 0.25) is 0 Å². The van der Waals surface area contributed by atoms with Gasteiger partial charge in [0.25, 0.3) is 0 Å². The molecule has 0 saturated heterocycles. The van der Waals surface area contributed by atoms with E-state index < -0.39 is 7.67 Å². The van der Waals surface area contributed by atoms with E-state index in [0.717, 1.165) is 0 Å². The van der Waals surface area contributed by atoms with Crippen LogP contribution < -0.4 is 10.6 Å². The Labute approximate surface area is 84.9 Å². The van der Waals surface area contributed by atoms with E-state index in [0.29, 0.717) is 0 Å². The van der Waals surface area contributed by atoms with E-state index in [9.17, 15) is 9.36 Å². The Morgan fingerprint density at radius 3 is 2.29 bits per heavy atom. The van der Waals surface area contributed by atoms with Crippen molar-refractivity contribution in [2.45, 2.75) is 27.7 Å². The minimum Gasteiger partial charge on any atom is -0.302 e. The quantitative estimate of drug-likeness (QED) is 0.690. The SMILES string of the molecule is CC(C)COP(N)(=O)NC(=O)C(C)C. The van der Waals surface area contributed by atoms with E-state index >= 15 is 0 Å². The van der Waals surface area contributed by atoms with Crippen molar-refractivity contribution in [1.29, 1.82) is 0 Å². The van der Waals surface area contributed by atoms with Gasteiger partial charge in [-0.2, -0.15) is 0 Å². The first-order valence-corrected chi connectivity index (χ1v) is 6.29. The van der Waals surface area contributed by atoms with Crippen molar-refractivity contribution < 1.29 is 13.9 Å². The number of hydrogen-bond acceptors (Lipinski definition) is 3. The predicted molar refractivity (Wildman–Crippen MR) is 55.6 cm³/mol. The fraction of sp³-hybridized carbons (Fsp3) is 0.875. The lowest BCUT2D eigenvalue weighted by Crippen LogP contribution is -2.29. The van der Waals surface area contributed by atoms with Gasteiger partial charge >= 0.3 is 7.67 Å². The molecule has 0 aromatic heterocycles. The average Bonchev–Trinajstić information content (AvgIpc) is 2.00. The van der Waals surface area contributed by atoms with Gasteiger partial charge in [-0.05, 0) is 5.92 Å². The Bertz CT molecular complexity index is 241. The lowest BCUT2D eigenvalue weighted by atomic mass is 10.2. The lowest BCUT2D eigenvalue weighted by molar-refractivity contribution is -0.122. The van der Waals surface area contributed by atoms with Gasteiger partial charge in [-0.25, -0.2) is 10.1 Å². The predicted octanol–water partition coefficient (Wildman–Crippen LogP) is 1.50. The van der Waals surface area contributed by atoms with Crippen molar-refractivity contribution in [1.82, 2.24) is 5.09 Å². The molecule has 0 aliphatic rings. The summed E-state index contributed by atoms with van der Waals surface area (Å²) in [6.07, 6.45) is 0. The molecule has 0 bridgehead atoms. The van der Waals surface area contributed by atoms with Gasteiger partial charge in [0.05, 0.1) is 6.61 Å². The molecule has 1 atom stereocenters. The van der Waals surface area contributed by atoms with E-state index in [1.165, 1.54) is 0 Å². The van der Waals surface area contributed by atoms with Crippen molar-refractivity contribution in [2.75, 3.05) is 6.61 Å². The standard InChI is InChI=1S/C8H19N2O3P/c1-6(2)5-13-14(9,12)10-8(11)7(3)4/h6-7H,5H2,1-4H3,(H3,9,10,11,12). The second-order valence-corrected chi connectivity index (χ2v) is 5.59. The van der Waals surface area contributed by atoms with Crippen LogP contribution in [0.5, 0.6) is 0 Å². The Morgan fingerprint density at radius 1 is 1.43 bits per heavy atom. The molecule has 0 aromatic rings. The largest absolute Gasteiger partial charge is 0.365 e. The second-order valence-electron chi connectivity index (χ2n) is 3.92. The van der Waals surface area contributed by atoms with Crippen LogP contribution >= 0.6 is 7.67 Å². The molecule has 6 heteroatoms. The van der Waals surface area contributed by atoms with Crippen LogP contribution in [0, 0.1) is 11.8 Å². The van der Waals surface area contributed by atoms with E-state index in [4.69, 9.17) is 10.0 Å². The normalized spacial score (nSPS) is 15.6. The van der Waals surface area contributed by atoms with Gasteiger partial charge in [0, 0.05) is 5.92 Å². The topological polar surface area (TPSA) is 81.4 Å². The van der Waals surface area contributed by atoms with Crippen molar-refractivity contribution in [2.24, 2.45) is 17.3 Å². The summed E-state index contributed by atoms with van der Waals surface area (Å²) in [5.74, 6) is -0.392. The number of hydrogen-bond donors (Lipinski definition) is 2. The average molecular weight is 222 g/mol. The molecule has 0 heterocycles. The minimum absolute atomic E-state index is 0.225. The zero-order valence-electron chi connectivity index (χ0n) is 9.11. The molecule has 3 N–H and O–H groups in total. The van der Waals surface area contributed by atoms with Crippen LogP contribution in [0.4, 0.5) is 0 Å². The maximum absolute atomic E-state index is 11.5. The Balaban J connectivity index is 4.08. The van der Waals surface area contributed by atoms with Crippen molar-refractivity contribution in [3.63, 3.8) is 0 Å². The number of nitrogens with one attached hydrogen (secondary N) is 1. The molecule has 14 heavy (non-hydrogen) atoms. The van der Waals surface area contributed by atoms with Crippen LogP contribution in [0.25, 0.3) is 0 Å². The van der Waals surface area contributed by atoms with E-state index in [1.54, 1.807) is 13.8 Å². The second kappa shape index (κ2) is 5.49. The number of rotatable bonds is 5. The van der Waals surface area contributed by atoms with Crippen molar-refractivity contribution in [3.05, 3.63) is 0 Å². The minimum atomic E-state index is -3.46. The van der Waals surface area contributed by atoms with E-state index in [2.05, 4.69) is 5.09 Å². The Morgan fingerprint density at radius 2 is 1.93 bits per heavy atom. The summed E-state index contributed by atoms with van der Waals surface area (Å²) in [5, 5.41) is 2.18. The van der Waals surface area contributed by atoms with Crippen LogP contribution in [-0.2, 0) is 13.9 Å². The number of carbonyl (C=O) groups excluding carboxylic acids is 1. The number of nitrogens with two attached hydrogens (primary N) is 1. The molecule has 0 saturated carbocycles. The highest BCUT2D eigenvalue weighted by Crippen LogP contribution is 2.33.